The highest BCUT2D eigenvalue weighted by atomic mass is 16.5. The molecule has 2 rings (SSSR count). The first kappa shape index (κ1) is 8.37. The van der Waals surface area contributed by atoms with Gasteiger partial charge in [-0.3, -0.25) is 0 Å². The number of hydrogen-bond donors (Lipinski definition) is 1. The lowest BCUT2D eigenvalue weighted by Gasteiger charge is -2.20. The summed E-state index contributed by atoms with van der Waals surface area (Å²) in [6, 6.07) is 0. The summed E-state index contributed by atoms with van der Waals surface area (Å²) >= 11 is 0. The van der Waals surface area contributed by atoms with Gasteiger partial charge in [0.25, 0.3) is 0 Å². The van der Waals surface area contributed by atoms with Crippen molar-refractivity contribution < 1.29 is 4.74 Å². The van der Waals surface area contributed by atoms with E-state index in [1.165, 1.54) is 0 Å². The van der Waals surface area contributed by atoms with Crippen LogP contribution < -0.4 is 5.69 Å². The maximum absolute atomic E-state index is 10.8. The zero-order valence-corrected chi connectivity index (χ0v) is 7.19. The Hall–Kier alpha value is -1.23. The van der Waals surface area contributed by atoms with E-state index in [9.17, 15) is 4.79 Å². The molecule has 1 aromatic rings. The van der Waals surface area contributed by atoms with E-state index in [2.05, 4.69) is 15.2 Å². The lowest BCUT2D eigenvalue weighted by atomic mass is 10.1. The smallest absolute Gasteiger partial charge is 0.361 e. The molecule has 13 heavy (non-hydrogen) atoms. The van der Waals surface area contributed by atoms with E-state index in [0.29, 0.717) is 5.69 Å². The maximum atomic E-state index is 10.8. The zero-order chi connectivity index (χ0) is 9.10. The minimum Gasteiger partial charge on any atom is -0.372 e. The number of hydrogen-bond acceptors (Lipinski definition) is 4. The second-order valence-electron chi connectivity index (χ2n) is 3.07. The molecule has 1 aliphatic rings. The molecule has 1 N–H and O–H groups in total. The van der Waals surface area contributed by atoms with Crippen molar-refractivity contribution in [3.05, 3.63) is 22.4 Å². The van der Waals surface area contributed by atoms with Crippen molar-refractivity contribution in [2.24, 2.45) is 0 Å². The number of H-pyrrole nitrogens is 1. The first-order valence-corrected chi connectivity index (χ1v) is 4.39. The Labute approximate surface area is 75.2 Å². The van der Waals surface area contributed by atoms with E-state index in [-0.39, 0.29) is 6.10 Å². The van der Waals surface area contributed by atoms with Crippen molar-refractivity contribution >= 4 is 0 Å². The monoisotopic (exact) mass is 181 g/mol. The average molecular weight is 181 g/mol. The predicted molar refractivity (Wildman–Crippen MR) is 45.2 cm³/mol. The lowest BCUT2D eigenvalue weighted by molar-refractivity contribution is 0.0118. The van der Waals surface area contributed by atoms with Crippen molar-refractivity contribution in [2.45, 2.75) is 25.4 Å². The van der Waals surface area contributed by atoms with Crippen LogP contribution in [-0.2, 0) is 4.74 Å². The fourth-order valence-corrected chi connectivity index (χ4v) is 1.45. The highest BCUT2D eigenvalue weighted by Gasteiger charge is 2.17. The Kier molecular flexibility index (Phi) is 2.35. The van der Waals surface area contributed by atoms with Gasteiger partial charge >= 0.3 is 5.69 Å². The van der Waals surface area contributed by atoms with Crippen LogP contribution in [0.2, 0.25) is 0 Å². The van der Waals surface area contributed by atoms with E-state index in [4.69, 9.17) is 4.74 Å². The van der Waals surface area contributed by atoms with Gasteiger partial charge in [0.1, 0.15) is 6.10 Å². The Morgan fingerprint density at radius 2 is 2.46 bits per heavy atom. The maximum Gasteiger partial charge on any atom is 0.361 e. The van der Waals surface area contributed by atoms with Crippen LogP contribution in [0.4, 0.5) is 0 Å². The van der Waals surface area contributed by atoms with Crippen LogP contribution in [0.5, 0.6) is 0 Å². The van der Waals surface area contributed by atoms with Crippen LogP contribution in [0, 0.1) is 0 Å². The molecule has 70 valence electrons. The molecule has 0 amide bonds. The van der Waals surface area contributed by atoms with Gasteiger partial charge in [-0.2, -0.15) is 10.1 Å². The summed E-state index contributed by atoms with van der Waals surface area (Å²) < 4.78 is 5.46. The van der Waals surface area contributed by atoms with Crippen molar-refractivity contribution in [1.29, 1.82) is 0 Å². The summed E-state index contributed by atoms with van der Waals surface area (Å²) in [6.45, 7) is 0.749. The second kappa shape index (κ2) is 3.66. The summed E-state index contributed by atoms with van der Waals surface area (Å²) in [5.41, 5.74) is 0.232. The summed E-state index contributed by atoms with van der Waals surface area (Å²) in [5.74, 6) is 0. The molecule has 0 saturated carbocycles. The third kappa shape index (κ3) is 1.92. The lowest BCUT2D eigenvalue weighted by Crippen LogP contribution is -2.19. The topological polar surface area (TPSA) is 67.9 Å². The molecule has 0 aliphatic carbocycles. The minimum absolute atomic E-state index is 0.0384. The molecular formula is C8H11N3O2. The minimum atomic E-state index is -0.410. The molecule has 2 heterocycles. The molecule has 1 unspecified atom stereocenters. The number of aromatic nitrogens is 3. The van der Waals surface area contributed by atoms with Crippen LogP contribution in [0.3, 0.4) is 0 Å². The van der Waals surface area contributed by atoms with Crippen molar-refractivity contribution in [2.75, 3.05) is 6.61 Å². The molecule has 0 bridgehead atoms. The van der Waals surface area contributed by atoms with Crippen molar-refractivity contribution in [3.63, 3.8) is 0 Å². The van der Waals surface area contributed by atoms with Gasteiger partial charge in [-0.1, -0.05) is 0 Å². The predicted octanol–water partition coefficient (Wildman–Crippen LogP) is 0.406. The molecule has 1 atom stereocenters. The van der Waals surface area contributed by atoms with Crippen LogP contribution in [0.25, 0.3) is 0 Å². The average Bonchev–Trinajstić information content (AvgIpc) is 2.19. The van der Waals surface area contributed by atoms with E-state index in [0.717, 1.165) is 25.9 Å². The summed E-state index contributed by atoms with van der Waals surface area (Å²) in [6.07, 6.45) is 4.66. The molecule has 1 aromatic heterocycles. The highest BCUT2D eigenvalue weighted by Crippen LogP contribution is 2.24. The third-order valence-corrected chi connectivity index (χ3v) is 2.10. The Bertz CT molecular complexity index is 330. The summed E-state index contributed by atoms with van der Waals surface area (Å²) in [7, 11) is 0. The standard InChI is InChI=1S/C8H11N3O2/c12-8-10-6(5-9-11-8)7-3-1-2-4-13-7/h5,7H,1-4H2,(H,10,11,12). The van der Waals surface area contributed by atoms with E-state index in [1.54, 1.807) is 6.20 Å². The van der Waals surface area contributed by atoms with Gasteiger partial charge in [-0.05, 0) is 19.3 Å². The van der Waals surface area contributed by atoms with Crippen molar-refractivity contribution in [3.8, 4) is 0 Å². The quantitative estimate of drug-likeness (QED) is 0.681. The van der Waals surface area contributed by atoms with Crippen LogP contribution >= 0.6 is 0 Å². The van der Waals surface area contributed by atoms with Crippen molar-refractivity contribution in [1.82, 2.24) is 15.2 Å². The van der Waals surface area contributed by atoms with Gasteiger partial charge in [-0.25, -0.2) is 9.89 Å². The van der Waals surface area contributed by atoms with Gasteiger partial charge < -0.3 is 4.74 Å². The number of aromatic amines is 1. The first-order chi connectivity index (χ1) is 6.36. The largest absolute Gasteiger partial charge is 0.372 e. The van der Waals surface area contributed by atoms with E-state index >= 15 is 0 Å². The number of nitrogens with one attached hydrogen (secondary N) is 1. The molecule has 0 radical (unpaired) electrons. The number of nitrogens with zero attached hydrogens (tertiary/aromatic N) is 2. The molecule has 0 aromatic carbocycles. The normalized spacial score (nSPS) is 22.9. The molecule has 1 saturated heterocycles. The number of ether oxygens (including phenoxy) is 1. The molecule has 0 spiro atoms. The van der Waals surface area contributed by atoms with E-state index in [1.807, 2.05) is 0 Å². The Morgan fingerprint density at radius 1 is 1.54 bits per heavy atom. The van der Waals surface area contributed by atoms with Gasteiger partial charge in [-0.15, -0.1) is 0 Å². The summed E-state index contributed by atoms with van der Waals surface area (Å²) in [4.78, 5) is 14.6. The Balaban J connectivity index is 2.19. The van der Waals surface area contributed by atoms with Gasteiger partial charge in [0, 0.05) is 6.61 Å². The fraction of sp³-hybridized carbons (Fsp3) is 0.625. The van der Waals surface area contributed by atoms with Crippen LogP contribution in [0.1, 0.15) is 31.1 Å². The second-order valence-corrected chi connectivity index (χ2v) is 3.07. The summed E-state index contributed by atoms with van der Waals surface area (Å²) in [5, 5.41) is 5.92. The number of rotatable bonds is 1. The highest BCUT2D eigenvalue weighted by molar-refractivity contribution is 4.98. The molecule has 1 aliphatic heterocycles. The fourth-order valence-electron chi connectivity index (χ4n) is 1.45. The third-order valence-electron chi connectivity index (χ3n) is 2.10. The molecule has 5 heteroatoms. The zero-order valence-electron chi connectivity index (χ0n) is 7.19. The first-order valence-electron chi connectivity index (χ1n) is 4.39. The molecular weight excluding hydrogens is 170 g/mol. The van der Waals surface area contributed by atoms with E-state index < -0.39 is 5.69 Å². The van der Waals surface area contributed by atoms with Crippen LogP contribution in [-0.4, -0.2) is 21.8 Å². The van der Waals surface area contributed by atoms with Gasteiger partial charge in [0.05, 0.1) is 11.9 Å². The Morgan fingerprint density at radius 3 is 3.15 bits per heavy atom. The van der Waals surface area contributed by atoms with Gasteiger partial charge in [0.15, 0.2) is 0 Å². The SMILES string of the molecule is O=c1nc(C2CCCCO2)cn[nH]1. The molecule has 1 fully saturated rings. The van der Waals surface area contributed by atoms with Gasteiger partial charge in [0.2, 0.25) is 0 Å². The molecule has 5 nitrogen and oxygen atoms in total. The van der Waals surface area contributed by atoms with Crippen LogP contribution in [0.15, 0.2) is 11.0 Å².